The van der Waals surface area contributed by atoms with Crippen LogP contribution in [0.25, 0.3) is 0 Å². The van der Waals surface area contributed by atoms with Gasteiger partial charge in [0.1, 0.15) is 10.6 Å². The van der Waals surface area contributed by atoms with E-state index in [4.69, 9.17) is 4.74 Å². The molecule has 0 saturated heterocycles. The van der Waals surface area contributed by atoms with E-state index in [1.807, 2.05) is 6.92 Å². The molecule has 1 atom stereocenters. The molecule has 1 aliphatic heterocycles. The van der Waals surface area contributed by atoms with Crippen LogP contribution in [-0.2, 0) is 11.0 Å². The topological polar surface area (TPSA) is 55.4 Å². The van der Waals surface area contributed by atoms with Crippen molar-refractivity contribution in [2.24, 2.45) is 0 Å². The molecular formula is C9H9NO3S. The summed E-state index contributed by atoms with van der Waals surface area (Å²) in [6.45, 7) is 1.86. The molecule has 0 aromatic heterocycles. The lowest BCUT2D eigenvalue weighted by Crippen LogP contribution is -2.15. The molecule has 0 spiro atoms. The van der Waals surface area contributed by atoms with Crippen molar-refractivity contribution in [2.45, 2.75) is 11.8 Å². The second kappa shape index (κ2) is 3.09. The van der Waals surface area contributed by atoms with Crippen LogP contribution in [0.4, 0.5) is 0 Å². The number of amides is 1. The Morgan fingerprint density at radius 1 is 1.43 bits per heavy atom. The zero-order valence-corrected chi connectivity index (χ0v) is 8.60. The van der Waals surface area contributed by atoms with E-state index >= 15 is 0 Å². The van der Waals surface area contributed by atoms with Crippen LogP contribution in [0.15, 0.2) is 17.0 Å². The lowest BCUT2D eigenvalue weighted by Gasteiger charge is -2.05. The van der Waals surface area contributed by atoms with Crippen LogP contribution in [0.3, 0.4) is 0 Å². The quantitative estimate of drug-likeness (QED) is 0.746. The fraction of sp³-hybridized carbons (Fsp3) is 0.222. The maximum atomic E-state index is 11.5. The van der Waals surface area contributed by atoms with E-state index in [-0.39, 0.29) is 5.91 Å². The summed E-state index contributed by atoms with van der Waals surface area (Å²) in [4.78, 5) is 11.8. The van der Waals surface area contributed by atoms with Crippen LogP contribution >= 0.6 is 0 Å². The molecular weight excluding hydrogens is 202 g/mol. The van der Waals surface area contributed by atoms with Crippen LogP contribution in [-0.4, -0.2) is 17.2 Å². The van der Waals surface area contributed by atoms with Crippen LogP contribution < -0.4 is 9.46 Å². The van der Waals surface area contributed by atoms with E-state index in [0.717, 1.165) is 5.56 Å². The summed E-state index contributed by atoms with van der Waals surface area (Å²) in [5.41, 5.74) is 1.36. The van der Waals surface area contributed by atoms with Crippen molar-refractivity contribution in [3.8, 4) is 5.75 Å². The van der Waals surface area contributed by atoms with Crippen molar-refractivity contribution >= 4 is 16.9 Å². The molecule has 1 aliphatic rings. The van der Waals surface area contributed by atoms with Crippen molar-refractivity contribution in [3.63, 3.8) is 0 Å². The Hall–Kier alpha value is -1.36. The lowest BCUT2D eigenvalue weighted by atomic mass is 10.1. The van der Waals surface area contributed by atoms with Gasteiger partial charge in [-0.2, -0.15) is 0 Å². The summed E-state index contributed by atoms with van der Waals surface area (Å²) < 4.78 is 18.9. The highest BCUT2D eigenvalue weighted by atomic mass is 32.2. The van der Waals surface area contributed by atoms with Gasteiger partial charge < -0.3 is 4.74 Å². The Bertz CT molecular complexity index is 442. The largest absolute Gasteiger partial charge is 0.495 e. The molecule has 1 aromatic rings. The van der Waals surface area contributed by atoms with E-state index < -0.39 is 11.0 Å². The van der Waals surface area contributed by atoms with Crippen LogP contribution in [0, 0.1) is 6.92 Å². The Morgan fingerprint density at radius 3 is 2.79 bits per heavy atom. The summed E-state index contributed by atoms with van der Waals surface area (Å²) in [5.74, 6) is 0.192. The maximum Gasteiger partial charge on any atom is 0.264 e. The SMILES string of the molecule is COc1cc(C)cc2c1S(=O)NC2=O. The fourth-order valence-corrected chi connectivity index (χ4v) is 2.50. The van der Waals surface area contributed by atoms with E-state index in [0.29, 0.717) is 16.2 Å². The van der Waals surface area contributed by atoms with Crippen molar-refractivity contribution in [1.29, 1.82) is 0 Å². The van der Waals surface area contributed by atoms with Crippen LogP contribution in [0.2, 0.25) is 0 Å². The first-order valence-corrected chi connectivity index (χ1v) is 5.20. The molecule has 1 heterocycles. The number of hydrogen-bond donors (Lipinski definition) is 1. The standard InChI is InChI=1S/C9H9NO3S/c1-5-3-6-8(7(4-5)13-2)14(12)10-9(6)11/h3-4H,1-2H3,(H,10,11). The van der Waals surface area contributed by atoms with Gasteiger partial charge in [0.05, 0.1) is 12.7 Å². The highest BCUT2D eigenvalue weighted by Gasteiger charge is 2.29. The van der Waals surface area contributed by atoms with Crippen molar-refractivity contribution in [1.82, 2.24) is 4.72 Å². The normalized spacial score (nSPS) is 19.0. The third kappa shape index (κ3) is 1.21. The van der Waals surface area contributed by atoms with Gasteiger partial charge in [-0.05, 0) is 24.6 Å². The number of aryl methyl sites for hydroxylation is 1. The molecule has 5 heteroatoms. The molecule has 1 amide bonds. The van der Waals surface area contributed by atoms with Gasteiger partial charge in [0.25, 0.3) is 5.91 Å². The molecule has 0 fully saturated rings. The van der Waals surface area contributed by atoms with E-state index in [1.54, 1.807) is 12.1 Å². The molecule has 14 heavy (non-hydrogen) atoms. The number of rotatable bonds is 1. The number of carbonyl (C=O) groups excluding carboxylic acids is 1. The van der Waals surface area contributed by atoms with Gasteiger partial charge in [-0.25, -0.2) is 4.21 Å². The molecule has 0 radical (unpaired) electrons. The van der Waals surface area contributed by atoms with Gasteiger partial charge in [-0.15, -0.1) is 0 Å². The Morgan fingerprint density at radius 2 is 2.14 bits per heavy atom. The first-order chi connectivity index (χ1) is 6.63. The summed E-state index contributed by atoms with van der Waals surface area (Å²) in [6.07, 6.45) is 0. The minimum Gasteiger partial charge on any atom is -0.495 e. The second-order valence-electron chi connectivity index (χ2n) is 3.04. The summed E-state index contributed by atoms with van der Waals surface area (Å²) in [6, 6.07) is 3.47. The van der Waals surface area contributed by atoms with Crippen molar-refractivity contribution < 1.29 is 13.7 Å². The Labute approximate surface area is 83.9 Å². The van der Waals surface area contributed by atoms with Gasteiger partial charge in [-0.1, -0.05) is 0 Å². The molecule has 1 N–H and O–H groups in total. The minimum absolute atomic E-state index is 0.305. The van der Waals surface area contributed by atoms with Crippen LogP contribution in [0.5, 0.6) is 5.75 Å². The monoisotopic (exact) mass is 211 g/mol. The first-order valence-electron chi connectivity index (χ1n) is 4.05. The predicted octanol–water partition coefficient (Wildman–Crippen LogP) is 0.770. The third-order valence-electron chi connectivity index (χ3n) is 2.03. The van der Waals surface area contributed by atoms with Crippen molar-refractivity contribution in [2.75, 3.05) is 7.11 Å². The zero-order valence-electron chi connectivity index (χ0n) is 7.79. The molecule has 74 valence electrons. The highest BCUT2D eigenvalue weighted by Crippen LogP contribution is 2.30. The van der Waals surface area contributed by atoms with Gasteiger partial charge in [-0.3, -0.25) is 9.52 Å². The number of hydrogen-bond acceptors (Lipinski definition) is 3. The first kappa shape index (κ1) is 9.21. The molecule has 2 rings (SSSR count). The molecule has 0 bridgehead atoms. The highest BCUT2D eigenvalue weighted by molar-refractivity contribution is 7.84. The summed E-state index contributed by atoms with van der Waals surface area (Å²) >= 11 is 0. The van der Waals surface area contributed by atoms with E-state index in [9.17, 15) is 9.00 Å². The lowest BCUT2D eigenvalue weighted by molar-refractivity contribution is 0.0985. The second-order valence-corrected chi connectivity index (χ2v) is 4.19. The predicted molar refractivity (Wildman–Crippen MR) is 51.6 cm³/mol. The average Bonchev–Trinajstić information content (AvgIpc) is 2.41. The number of benzene rings is 1. The number of fused-ring (bicyclic) bond motifs is 1. The fourth-order valence-electron chi connectivity index (χ4n) is 1.44. The molecule has 0 saturated carbocycles. The van der Waals surface area contributed by atoms with Gasteiger partial charge in [0, 0.05) is 0 Å². The van der Waals surface area contributed by atoms with Gasteiger partial charge in [0.15, 0.2) is 11.0 Å². The Kier molecular flexibility index (Phi) is 2.03. The van der Waals surface area contributed by atoms with Gasteiger partial charge in [0.2, 0.25) is 0 Å². The number of carbonyl (C=O) groups is 1. The average molecular weight is 211 g/mol. The number of ether oxygens (including phenoxy) is 1. The molecule has 4 nitrogen and oxygen atoms in total. The number of nitrogens with one attached hydrogen (secondary N) is 1. The van der Waals surface area contributed by atoms with E-state index in [1.165, 1.54) is 7.11 Å². The third-order valence-corrected chi connectivity index (χ3v) is 3.20. The maximum absolute atomic E-state index is 11.5. The zero-order chi connectivity index (χ0) is 10.3. The van der Waals surface area contributed by atoms with Crippen molar-refractivity contribution in [3.05, 3.63) is 23.3 Å². The smallest absolute Gasteiger partial charge is 0.264 e. The molecule has 0 aliphatic carbocycles. The Balaban J connectivity index is 2.73. The van der Waals surface area contributed by atoms with Crippen LogP contribution in [0.1, 0.15) is 15.9 Å². The summed E-state index contributed by atoms with van der Waals surface area (Å²) in [7, 11) is 0.0230. The van der Waals surface area contributed by atoms with E-state index in [2.05, 4.69) is 4.72 Å². The summed E-state index contributed by atoms with van der Waals surface area (Å²) in [5, 5.41) is 0. The van der Waals surface area contributed by atoms with Gasteiger partial charge >= 0.3 is 0 Å². The molecule has 1 aromatic carbocycles. The minimum atomic E-state index is -1.47. The number of methoxy groups -OCH3 is 1. The molecule has 1 unspecified atom stereocenters.